The second-order valence-electron chi connectivity index (χ2n) is 12.9. The zero-order valence-corrected chi connectivity index (χ0v) is 32.7. The molecule has 51 heavy (non-hydrogen) atoms. The number of unbranched alkanes of at least 4 members (excludes halogenated alkanes) is 15. The predicted molar refractivity (Wildman–Crippen MR) is 205 cm³/mol. The SMILES string of the molecule is CCC=CCC=CCC=CCCCCCCCC(=O)OCC(COP(=O)(O)OCC(O)CO)OC(=O)CC=CCCCCCCCCCCCC. The molecular weight excluding hydrogens is 671 g/mol. The first-order chi connectivity index (χ1) is 24.7. The molecule has 0 amide bonds. The third-order valence-electron chi connectivity index (χ3n) is 8.00. The number of aliphatic hydroxyl groups is 2. The lowest BCUT2D eigenvalue weighted by Gasteiger charge is -2.20. The molecule has 0 saturated heterocycles. The smallest absolute Gasteiger partial charge is 0.462 e. The van der Waals surface area contributed by atoms with Crippen molar-refractivity contribution in [2.24, 2.45) is 0 Å². The average Bonchev–Trinajstić information content (AvgIpc) is 3.12. The zero-order chi connectivity index (χ0) is 37.7. The fraction of sp³-hybridized carbons (Fsp3) is 0.750. The number of rotatable bonds is 36. The molecule has 0 saturated carbocycles. The largest absolute Gasteiger partial charge is 0.472 e. The number of phosphoric acid groups is 1. The minimum absolute atomic E-state index is 0.00195. The van der Waals surface area contributed by atoms with Gasteiger partial charge in [-0.2, -0.15) is 0 Å². The summed E-state index contributed by atoms with van der Waals surface area (Å²) in [6.07, 6.45) is 36.8. The number of carbonyl (C=O) groups is 2. The maximum Gasteiger partial charge on any atom is 0.472 e. The van der Waals surface area contributed by atoms with Gasteiger partial charge in [0.25, 0.3) is 0 Å². The highest BCUT2D eigenvalue weighted by atomic mass is 31.2. The van der Waals surface area contributed by atoms with E-state index in [0.29, 0.717) is 6.42 Å². The van der Waals surface area contributed by atoms with Crippen molar-refractivity contribution < 1.29 is 47.8 Å². The van der Waals surface area contributed by atoms with Gasteiger partial charge in [0.05, 0.1) is 26.2 Å². The Kier molecular flexibility index (Phi) is 34.8. The number of phosphoric ester groups is 1. The van der Waals surface area contributed by atoms with E-state index < -0.39 is 51.8 Å². The predicted octanol–water partition coefficient (Wildman–Crippen LogP) is 9.78. The van der Waals surface area contributed by atoms with E-state index in [1.165, 1.54) is 51.4 Å². The van der Waals surface area contributed by atoms with Crippen molar-refractivity contribution in [3.63, 3.8) is 0 Å². The van der Waals surface area contributed by atoms with Crippen LogP contribution in [0.25, 0.3) is 0 Å². The lowest BCUT2D eigenvalue weighted by Crippen LogP contribution is -2.29. The normalized spacial score (nSPS) is 14.5. The minimum Gasteiger partial charge on any atom is -0.462 e. The van der Waals surface area contributed by atoms with Crippen LogP contribution in [0.15, 0.2) is 48.6 Å². The van der Waals surface area contributed by atoms with Gasteiger partial charge < -0.3 is 24.6 Å². The van der Waals surface area contributed by atoms with Crippen LogP contribution in [-0.2, 0) is 32.7 Å². The molecule has 0 spiro atoms. The van der Waals surface area contributed by atoms with E-state index in [0.717, 1.165) is 70.6 Å². The Morgan fingerprint density at radius 2 is 1.14 bits per heavy atom. The summed E-state index contributed by atoms with van der Waals surface area (Å²) >= 11 is 0. The highest BCUT2D eigenvalue weighted by Crippen LogP contribution is 2.43. The van der Waals surface area contributed by atoms with Gasteiger partial charge in [0, 0.05) is 6.42 Å². The van der Waals surface area contributed by atoms with Gasteiger partial charge in [0.2, 0.25) is 0 Å². The summed E-state index contributed by atoms with van der Waals surface area (Å²) < 4.78 is 32.5. The van der Waals surface area contributed by atoms with Gasteiger partial charge in [-0.05, 0) is 51.4 Å². The van der Waals surface area contributed by atoms with Crippen molar-refractivity contribution in [1.29, 1.82) is 0 Å². The van der Waals surface area contributed by atoms with Crippen LogP contribution in [0.3, 0.4) is 0 Å². The topological polar surface area (TPSA) is 149 Å². The van der Waals surface area contributed by atoms with Crippen molar-refractivity contribution in [2.75, 3.05) is 26.4 Å². The molecule has 3 unspecified atom stereocenters. The fourth-order valence-corrected chi connectivity index (χ4v) is 5.78. The van der Waals surface area contributed by atoms with Crippen molar-refractivity contribution in [2.45, 2.75) is 167 Å². The Hall–Kier alpha value is -2.07. The molecule has 0 heterocycles. The van der Waals surface area contributed by atoms with Crippen LogP contribution in [0.5, 0.6) is 0 Å². The van der Waals surface area contributed by atoms with Crippen molar-refractivity contribution in [1.82, 2.24) is 0 Å². The lowest BCUT2D eigenvalue weighted by atomic mass is 10.1. The summed E-state index contributed by atoms with van der Waals surface area (Å²) in [5, 5.41) is 18.3. The average molecular weight is 743 g/mol. The van der Waals surface area contributed by atoms with E-state index in [1.54, 1.807) is 6.08 Å². The molecule has 0 aliphatic rings. The number of ether oxygens (including phenoxy) is 2. The second kappa shape index (κ2) is 36.3. The van der Waals surface area contributed by atoms with Gasteiger partial charge in [-0.1, -0.05) is 140 Å². The maximum atomic E-state index is 12.5. The van der Waals surface area contributed by atoms with E-state index in [1.807, 2.05) is 6.08 Å². The minimum atomic E-state index is -4.63. The van der Waals surface area contributed by atoms with Crippen LogP contribution in [0.1, 0.15) is 155 Å². The van der Waals surface area contributed by atoms with Crippen LogP contribution in [0.2, 0.25) is 0 Å². The van der Waals surface area contributed by atoms with E-state index in [-0.39, 0.29) is 19.4 Å². The summed E-state index contributed by atoms with van der Waals surface area (Å²) in [6, 6.07) is 0. The molecule has 296 valence electrons. The van der Waals surface area contributed by atoms with Gasteiger partial charge in [-0.15, -0.1) is 0 Å². The zero-order valence-electron chi connectivity index (χ0n) is 31.8. The third-order valence-corrected chi connectivity index (χ3v) is 8.95. The monoisotopic (exact) mass is 742 g/mol. The molecule has 0 radical (unpaired) electrons. The Morgan fingerprint density at radius 3 is 1.73 bits per heavy atom. The van der Waals surface area contributed by atoms with Crippen molar-refractivity contribution in [3.8, 4) is 0 Å². The Bertz CT molecular complexity index is 994. The summed E-state index contributed by atoms with van der Waals surface area (Å²) in [5.74, 6) is -1.04. The summed E-state index contributed by atoms with van der Waals surface area (Å²) in [4.78, 5) is 34.8. The van der Waals surface area contributed by atoms with E-state index in [9.17, 15) is 24.2 Å². The molecule has 11 heteroatoms. The van der Waals surface area contributed by atoms with Crippen LogP contribution in [0.4, 0.5) is 0 Å². The highest BCUT2D eigenvalue weighted by Gasteiger charge is 2.27. The van der Waals surface area contributed by atoms with Crippen LogP contribution in [0, 0.1) is 0 Å². The molecule has 0 rings (SSSR count). The number of allylic oxidation sites excluding steroid dienone is 7. The van der Waals surface area contributed by atoms with Gasteiger partial charge in [0.15, 0.2) is 6.10 Å². The van der Waals surface area contributed by atoms with Crippen molar-refractivity contribution >= 4 is 19.8 Å². The number of aliphatic hydroxyl groups excluding tert-OH is 2. The van der Waals surface area contributed by atoms with Gasteiger partial charge >= 0.3 is 19.8 Å². The first kappa shape index (κ1) is 48.9. The number of hydrogen-bond acceptors (Lipinski definition) is 9. The van der Waals surface area contributed by atoms with Crippen LogP contribution >= 0.6 is 7.82 Å². The summed E-state index contributed by atoms with van der Waals surface area (Å²) in [5.41, 5.74) is 0. The molecule has 0 fully saturated rings. The molecule has 0 aromatic rings. The number of hydrogen-bond donors (Lipinski definition) is 3. The number of esters is 2. The molecule has 0 bridgehead atoms. The van der Waals surface area contributed by atoms with Crippen LogP contribution < -0.4 is 0 Å². The van der Waals surface area contributed by atoms with E-state index in [2.05, 4.69) is 54.8 Å². The summed E-state index contributed by atoms with van der Waals surface area (Å²) in [6.45, 7) is 2.17. The molecule has 3 N–H and O–H groups in total. The standard InChI is InChI=1S/C40H71O10P/c1-3-5-7-9-11-13-15-17-18-20-21-23-25-27-29-31-39(43)47-35-38(36-49-51(45,46)48-34-37(42)33-41)50-40(44)32-30-28-26-24-22-19-16-14-12-10-8-6-4-2/h5,7,11,13,17-18,28,30,37-38,41-42H,3-4,6,8-10,12,14-16,19-27,29,31-36H2,1-2H3,(H,45,46). The number of carbonyl (C=O) groups excluding carboxylic acids is 2. The second-order valence-corrected chi connectivity index (χ2v) is 14.4. The van der Waals surface area contributed by atoms with E-state index in [4.69, 9.17) is 19.1 Å². The summed E-state index contributed by atoms with van der Waals surface area (Å²) in [7, 11) is -4.63. The Balaban J connectivity index is 4.43. The quantitative estimate of drug-likeness (QED) is 0.0245. The van der Waals surface area contributed by atoms with Gasteiger partial charge in [0.1, 0.15) is 12.7 Å². The molecule has 0 aliphatic heterocycles. The lowest BCUT2D eigenvalue weighted by molar-refractivity contribution is -0.160. The Morgan fingerprint density at radius 1 is 0.627 bits per heavy atom. The van der Waals surface area contributed by atoms with E-state index >= 15 is 0 Å². The third kappa shape index (κ3) is 36.1. The fourth-order valence-electron chi connectivity index (χ4n) is 4.99. The molecule has 3 atom stereocenters. The first-order valence-corrected chi connectivity index (χ1v) is 21.1. The van der Waals surface area contributed by atoms with Crippen molar-refractivity contribution in [3.05, 3.63) is 48.6 Å². The molecule has 0 aromatic carbocycles. The highest BCUT2D eigenvalue weighted by molar-refractivity contribution is 7.47. The van der Waals surface area contributed by atoms with Gasteiger partial charge in [-0.3, -0.25) is 18.6 Å². The molecule has 0 aromatic heterocycles. The molecule has 10 nitrogen and oxygen atoms in total. The maximum absolute atomic E-state index is 12.5. The molecular formula is C40H71O10P. The van der Waals surface area contributed by atoms with Gasteiger partial charge in [-0.25, -0.2) is 4.57 Å². The molecule has 0 aliphatic carbocycles. The Labute approximate surface area is 309 Å². The van der Waals surface area contributed by atoms with Crippen LogP contribution in [-0.4, -0.2) is 65.7 Å². The first-order valence-electron chi connectivity index (χ1n) is 19.6.